The number of piperazine rings is 1. The number of alkyl halides is 3. The topological polar surface area (TPSA) is 36.4 Å². The Balaban J connectivity index is 1.79. The Bertz CT molecular complexity index is 467. The molecule has 1 amide bonds. The van der Waals surface area contributed by atoms with Gasteiger partial charge < -0.3 is 4.90 Å². The summed E-state index contributed by atoms with van der Waals surface area (Å²) in [5.74, 6) is -0.832. The van der Waals surface area contributed by atoms with Crippen molar-refractivity contribution in [1.29, 1.82) is 0 Å². The van der Waals surface area contributed by atoms with Crippen LogP contribution in [0.4, 0.5) is 13.2 Å². The molecule has 2 rings (SSSR count). The third-order valence-corrected chi connectivity index (χ3v) is 3.95. The molecule has 4 nitrogen and oxygen atoms in total. The van der Waals surface area contributed by atoms with Gasteiger partial charge in [0.05, 0.1) is 10.7 Å². The van der Waals surface area contributed by atoms with Gasteiger partial charge >= 0.3 is 6.18 Å². The molecule has 1 aromatic heterocycles. The molecular formula is C12H16F3N3OS. The third kappa shape index (κ3) is 4.45. The predicted octanol–water partition coefficient (Wildman–Crippen LogP) is 2.05. The Morgan fingerprint density at radius 1 is 1.35 bits per heavy atom. The van der Waals surface area contributed by atoms with Crippen LogP contribution in [-0.2, 0) is 11.3 Å². The molecule has 2 heterocycles. The molecule has 20 heavy (non-hydrogen) atoms. The van der Waals surface area contributed by atoms with Crippen LogP contribution in [0.1, 0.15) is 17.1 Å². The molecule has 112 valence electrons. The minimum absolute atomic E-state index is 0.345. The SMILES string of the molecule is Cc1nc(CN2CCN(C(=O)CC(F)(F)F)CC2)cs1. The van der Waals surface area contributed by atoms with Gasteiger partial charge in [0, 0.05) is 38.1 Å². The first-order valence-electron chi connectivity index (χ1n) is 6.31. The van der Waals surface area contributed by atoms with Crippen molar-refractivity contribution in [3.8, 4) is 0 Å². The summed E-state index contributed by atoms with van der Waals surface area (Å²) in [6, 6.07) is 0. The van der Waals surface area contributed by atoms with Crippen LogP contribution in [0.3, 0.4) is 0 Å². The summed E-state index contributed by atoms with van der Waals surface area (Å²) < 4.78 is 36.5. The van der Waals surface area contributed by atoms with E-state index in [1.165, 1.54) is 4.90 Å². The van der Waals surface area contributed by atoms with Crippen molar-refractivity contribution >= 4 is 17.2 Å². The van der Waals surface area contributed by atoms with Crippen LogP contribution in [0, 0.1) is 6.92 Å². The molecule has 0 aliphatic carbocycles. The van der Waals surface area contributed by atoms with Crippen LogP contribution in [0.2, 0.25) is 0 Å². The maximum absolute atomic E-state index is 12.2. The Kier molecular flexibility index (Phi) is 4.64. The van der Waals surface area contributed by atoms with Gasteiger partial charge in [-0.3, -0.25) is 9.69 Å². The Hall–Kier alpha value is -1.15. The fraction of sp³-hybridized carbons (Fsp3) is 0.667. The van der Waals surface area contributed by atoms with E-state index in [0.717, 1.165) is 10.7 Å². The molecule has 0 N–H and O–H groups in total. The van der Waals surface area contributed by atoms with Crippen molar-refractivity contribution < 1.29 is 18.0 Å². The van der Waals surface area contributed by atoms with Gasteiger partial charge in [-0.1, -0.05) is 0 Å². The highest BCUT2D eigenvalue weighted by molar-refractivity contribution is 7.09. The van der Waals surface area contributed by atoms with E-state index in [9.17, 15) is 18.0 Å². The molecule has 8 heteroatoms. The molecule has 0 radical (unpaired) electrons. The lowest BCUT2D eigenvalue weighted by Gasteiger charge is -2.34. The summed E-state index contributed by atoms with van der Waals surface area (Å²) in [6.45, 7) is 4.48. The summed E-state index contributed by atoms with van der Waals surface area (Å²) in [5.41, 5.74) is 0.975. The lowest BCUT2D eigenvalue weighted by atomic mass is 10.2. The van der Waals surface area contributed by atoms with Crippen LogP contribution in [-0.4, -0.2) is 53.0 Å². The summed E-state index contributed by atoms with van der Waals surface area (Å²) >= 11 is 1.58. The molecule has 0 spiro atoms. The number of halogens is 3. The van der Waals surface area contributed by atoms with Gasteiger partial charge in [0.15, 0.2) is 0 Å². The van der Waals surface area contributed by atoms with Gasteiger partial charge in [0.2, 0.25) is 5.91 Å². The maximum atomic E-state index is 12.2. The standard InChI is InChI=1S/C12H16F3N3OS/c1-9-16-10(8-20-9)7-17-2-4-18(5-3-17)11(19)6-12(13,14)15/h8H,2-7H2,1H3. The number of aryl methyl sites for hydroxylation is 1. The van der Waals surface area contributed by atoms with Gasteiger partial charge in [0.1, 0.15) is 6.42 Å². The van der Waals surface area contributed by atoms with E-state index in [4.69, 9.17) is 0 Å². The van der Waals surface area contributed by atoms with Crippen molar-refractivity contribution in [3.05, 3.63) is 16.1 Å². The number of carbonyl (C=O) groups is 1. The van der Waals surface area contributed by atoms with Gasteiger partial charge in [0.25, 0.3) is 0 Å². The number of nitrogens with zero attached hydrogens (tertiary/aromatic N) is 3. The first-order chi connectivity index (χ1) is 9.33. The molecule has 0 aromatic carbocycles. The molecule has 0 atom stereocenters. The lowest BCUT2D eigenvalue weighted by Crippen LogP contribution is -2.49. The number of rotatable bonds is 3. The first-order valence-corrected chi connectivity index (χ1v) is 7.19. The summed E-state index contributed by atoms with van der Waals surface area (Å²) in [7, 11) is 0. The fourth-order valence-corrected chi connectivity index (χ4v) is 2.75. The average molecular weight is 307 g/mol. The van der Waals surface area contributed by atoms with Crippen LogP contribution in [0.5, 0.6) is 0 Å². The van der Waals surface area contributed by atoms with E-state index >= 15 is 0 Å². The third-order valence-electron chi connectivity index (χ3n) is 3.13. The average Bonchev–Trinajstić information content (AvgIpc) is 2.73. The summed E-state index contributed by atoms with van der Waals surface area (Å²) in [6.07, 6.45) is -5.79. The molecule has 0 unspecified atom stereocenters. The predicted molar refractivity (Wildman–Crippen MR) is 69.4 cm³/mol. The smallest absolute Gasteiger partial charge is 0.340 e. The van der Waals surface area contributed by atoms with E-state index in [-0.39, 0.29) is 0 Å². The number of carbonyl (C=O) groups excluding carboxylic acids is 1. The normalized spacial score (nSPS) is 17.5. The lowest BCUT2D eigenvalue weighted by molar-refractivity contribution is -0.162. The van der Waals surface area contributed by atoms with Crippen LogP contribution in [0.15, 0.2) is 5.38 Å². The first kappa shape index (κ1) is 15.2. The molecular weight excluding hydrogens is 291 g/mol. The van der Waals surface area contributed by atoms with E-state index in [2.05, 4.69) is 9.88 Å². The van der Waals surface area contributed by atoms with Crippen LogP contribution >= 0.6 is 11.3 Å². The second-order valence-electron chi connectivity index (χ2n) is 4.81. The Morgan fingerprint density at radius 3 is 2.50 bits per heavy atom. The quantitative estimate of drug-likeness (QED) is 0.857. The summed E-state index contributed by atoms with van der Waals surface area (Å²) in [4.78, 5) is 19.2. The van der Waals surface area contributed by atoms with E-state index in [1.807, 2.05) is 12.3 Å². The zero-order valence-electron chi connectivity index (χ0n) is 11.1. The van der Waals surface area contributed by atoms with Crippen LogP contribution in [0.25, 0.3) is 0 Å². The minimum Gasteiger partial charge on any atom is -0.340 e. The number of aromatic nitrogens is 1. The minimum atomic E-state index is -4.42. The Labute approximate surface area is 119 Å². The van der Waals surface area contributed by atoms with E-state index < -0.39 is 18.5 Å². The maximum Gasteiger partial charge on any atom is 0.397 e. The Morgan fingerprint density at radius 2 is 2.00 bits per heavy atom. The van der Waals surface area contributed by atoms with Crippen LogP contribution < -0.4 is 0 Å². The van der Waals surface area contributed by atoms with E-state index in [1.54, 1.807) is 11.3 Å². The zero-order chi connectivity index (χ0) is 14.8. The number of hydrogen-bond acceptors (Lipinski definition) is 4. The zero-order valence-corrected chi connectivity index (χ0v) is 11.9. The molecule has 1 aliphatic rings. The van der Waals surface area contributed by atoms with Crippen molar-refractivity contribution in [3.63, 3.8) is 0 Å². The second-order valence-corrected chi connectivity index (χ2v) is 5.87. The largest absolute Gasteiger partial charge is 0.397 e. The molecule has 1 aliphatic heterocycles. The number of amides is 1. The highest BCUT2D eigenvalue weighted by Crippen LogP contribution is 2.21. The highest BCUT2D eigenvalue weighted by atomic mass is 32.1. The van der Waals surface area contributed by atoms with Crippen molar-refractivity contribution in [1.82, 2.24) is 14.8 Å². The van der Waals surface area contributed by atoms with Crippen molar-refractivity contribution in [2.45, 2.75) is 26.1 Å². The van der Waals surface area contributed by atoms with Crippen molar-refractivity contribution in [2.75, 3.05) is 26.2 Å². The van der Waals surface area contributed by atoms with Gasteiger partial charge in [-0.05, 0) is 6.92 Å². The number of hydrogen-bond donors (Lipinski definition) is 0. The highest BCUT2D eigenvalue weighted by Gasteiger charge is 2.34. The number of thiazole rings is 1. The summed E-state index contributed by atoms with van der Waals surface area (Å²) in [5, 5.41) is 2.98. The van der Waals surface area contributed by atoms with Gasteiger partial charge in [-0.25, -0.2) is 4.98 Å². The van der Waals surface area contributed by atoms with Crippen molar-refractivity contribution in [2.24, 2.45) is 0 Å². The van der Waals surface area contributed by atoms with E-state index in [0.29, 0.717) is 32.7 Å². The molecule has 1 saturated heterocycles. The monoisotopic (exact) mass is 307 g/mol. The molecule has 1 aromatic rings. The fourth-order valence-electron chi connectivity index (χ4n) is 2.15. The molecule has 1 fully saturated rings. The van der Waals surface area contributed by atoms with Gasteiger partial charge in [-0.2, -0.15) is 13.2 Å². The molecule has 0 bridgehead atoms. The van der Waals surface area contributed by atoms with Gasteiger partial charge in [-0.15, -0.1) is 11.3 Å². The molecule has 0 saturated carbocycles. The second kappa shape index (κ2) is 6.09.